The van der Waals surface area contributed by atoms with Gasteiger partial charge in [-0.05, 0) is 70.9 Å². The molecule has 0 N–H and O–H groups in total. The molecule has 0 aromatic heterocycles. The molecule has 4 rings (SSSR count). The summed E-state index contributed by atoms with van der Waals surface area (Å²) in [7, 11) is 1.54. The molecule has 3 aromatic carbocycles. The van der Waals surface area contributed by atoms with Gasteiger partial charge >= 0.3 is 0 Å². The Morgan fingerprint density at radius 3 is 2.47 bits per heavy atom. The number of benzene rings is 3. The number of rotatable bonds is 7. The SMILES string of the molecule is COc1cc(/C=C2\SC(=O)N(Cc3ccc(Cl)cc3Cl)C2=O)ccc1OCc1cccc(Cl)c1. The van der Waals surface area contributed by atoms with E-state index in [2.05, 4.69) is 0 Å². The van der Waals surface area contributed by atoms with E-state index in [0.717, 1.165) is 22.2 Å². The fraction of sp³-hybridized carbons (Fsp3) is 0.120. The van der Waals surface area contributed by atoms with Crippen molar-refractivity contribution in [3.8, 4) is 11.5 Å². The Morgan fingerprint density at radius 1 is 0.941 bits per heavy atom. The molecule has 174 valence electrons. The lowest BCUT2D eigenvalue weighted by molar-refractivity contribution is -0.123. The second kappa shape index (κ2) is 10.7. The van der Waals surface area contributed by atoms with Crippen LogP contribution in [0.4, 0.5) is 4.79 Å². The minimum atomic E-state index is -0.388. The number of hydrogen-bond donors (Lipinski definition) is 0. The summed E-state index contributed by atoms with van der Waals surface area (Å²) >= 11 is 19.0. The van der Waals surface area contributed by atoms with Gasteiger partial charge in [-0.3, -0.25) is 14.5 Å². The molecule has 3 aromatic rings. The first-order valence-corrected chi connectivity index (χ1v) is 12.0. The van der Waals surface area contributed by atoms with E-state index in [4.69, 9.17) is 44.3 Å². The second-order valence-electron chi connectivity index (χ2n) is 7.33. The monoisotopic (exact) mass is 533 g/mol. The molecule has 0 bridgehead atoms. The summed E-state index contributed by atoms with van der Waals surface area (Å²) in [6.07, 6.45) is 1.65. The lowest BCUT2D eigenvalue weighted by Crippen LogP contribution is -2.27. The summed E-state index contributed by atoms with van der Waals surface area (Å²) in [6, 6.07) is 17.6. The maximum absolute atomic E-state index is 12.9. The highest BCUT2D eigenvalue weighted by atomic mass is 35.5. The highest BCUT2D eigenvalue weighted by molar-refractivity contribution is 8.18. The normalized spacial score (nSPS) is 14.7. The molecule has 1 fully saturated rings. The van der Waals surface area contributed by atoms with Crippen molar-refractivity contribution in [2.75, 3.05) is 7.11 Å². The van der Waals surface area contributed by atoms with Crippen LogP contribution in [-0.2, 0) is 17.9 Å². The predicted molar refractivity (Wildman–Crippen MR) is 137 cm³/mol. The largest absolute Gasteiger partial charge is 0.493 e. The highest BCUT2D eigenvalue weighted by Gasteiger charge is 2.35. The zero-order valence-corrected chi connectivity index (χ0v) is 21.0. The number of imide groups is 1. The minimum Gasteiger partial charge on any atom is -0.493 e. The third-order valence-corrected chi connectivity index (χ3v) is 6.72. The number of carbonyl (C=O) groups is 2. The maximum Gasteiger partial charge on any atom is 0.293 e. The van der Waals surface area contributed by atoms with Gasteiger partial charge < -0.3 is 9.47 Å². The number of ether oxygens (including phenoxy) is 2. The standard InChI is InChI=1S/C25H18Cl3NO4S/c1-32-22-10-15(5-8-21(22)33-14-16-3-2-4-18(26)9-16)11-23-24(30)29(25(31)34-23)13-17-6-7-19(27)12-20(17)28/h2-12H,13-14H2,1H3/b23-11-. The van der Waals surface area contributed by atoms with Gasteiger partial charge in [-0.25, -0.2) is 0 Å². The van der Waals surface area contributed by atoms with E-state index in [1.54, 1.807) is 48.5 Å². The zero-order valence-electron chi connectivity index (χ0n) is 17.9. The van der Waals surface area contributed by atoms with E-state index in [9.17, 15) is 9.59 Å². The number of hydrogen-bond acceptors (Lipinski definition) is 5. The van der Waals surface area contributed by atoms with E-state index in [-0.39, 0.29) is 17.7 Å². The number of carbonyl (C=O) groups excluding carboxylic acids is 2. The Bertz CT molecular complexity index is 1290. The van der Waals surface area contributed by atoms with Crippen LogP contribution < -0.4 is 9.47 Å². The molecule has 0 atom stereocenters. The van der Waals surface area contributed by atoms with Crippen LogP contribution in [0.5, 0.6) is 11.5 Å². The van der Waals surface area contributed by atoms with Crippen molar-refractivity contribution < 1.29 is 19.1 Å². The van der Waals surface area contributed by atoms with E-state index in [1.165, 1.54) is 7.11 Å². The van der Waals surface area contributed by atoms with Crippen LogP contribution in [0.2, 0.25) is 15.1 Å². The fourth-order valence-electron chi connectivity index (χ4n) is 3.29. The first kappa shape index (κ1) is 24.5. The third kappa shape index (κ3) is 5.70. The van der Waals surface area contributed by atoms with Crippen molar-refractivity contribution in [3.05, 3.63) is 97.3 Å². The molecular weight excluding hydrogens is 517 g/mol. The van der Waals surface area contributed by atoms with Crippen LogP contribution in [0.15, 0.2) is 65.6 Å². The van der Waals surface area contributed by atoms with Crippen LogP contribution in [-0.4, -0.2) is 23.2 Å². The smallest absolute Gasteiger partial charge is 0.293 e. The average molecular weight is 535 g/mol. The molecule has 5 nitrogen and oxygen atoms in total. The van der Waals surface area contributed by atoms with Gasteiger partial charge in [0, 0.05) is 15.1 Å². The first-order valence-electron chi connectivity index (χ1n) is 10.1. The summed E-state index contributed by atoms with van der Waals surface area (Å²) in [5, 5.41) is 1.15. The lowest BCUT2D eigenvalue weighted by Gasteiger charge is -2.14. The van der Waals surface area contributed by atoms with Gasteiger partial charge in [0.05, 0.1) is 18.6 Å². The molecule has 34 heavy (non-hydrogen) atoms. The van der Waals surface area contributed by atoms with Crippen LogP contribution in [0.25, 0.3) is 6.08 Å². The van der Waals surface area contributed by atoms with Gasteiger partial charge in [0.1, 0.15) is 6.61 Å². The Labute approximate surface area is 216 Å². The summed E-state index contributed by atoms with van der Waals surface area (Å²) in [6.45, 7) is 0.389. The molecule has 0 spiro atoms. The van der Waals surface area contributed by atoms with Crippen molar-refractivity contribution in [3.63, 3.8) is 0 Å². The molecule has 1 aliphatic heterocycles. The zero-order chi connectivity index (χ0) is 24.2. The van der Waals surface area contributed by atoms with Crippen molar-refractivity contribution in [1.82, 2.24) is 4.90 Å². The van der Waals surface area contributed by atoms with Crippen LogP contribution >= 0.6 is 46.6 Å². The average Bonchev–Trinajstić information content (AvgIpc) is 3.07. The number of thioether (sulfide) groups is 1. The molecule has 1 aliphatic rings. The van der Waals surface area contributed by atoms with Crippen molar-refractivity contribution in [2.24, 2.45) is 0 Å². The Balaban J connectivity index is 1.49. The molecule has 1 heterocycles. The topological polar surface area (TPSA) is 55.8 Å². The Kier molecular flexibility index (Phi) is 7.73. The summed E-state index contributed by atoms with van der Waals surface area (Å²) < 4.78 is 11.3. The molecule has 0 saturated carbocycles. The lowest BCUT2D eigenvalue weighted by atomic mass is 10.1. The summed E-state index contributed by atoms with van der Waals surface area (Å²) in [5.41, 5.74) is 2.26. The quantitative estimate of drug-likeness (QED) is 0.294. The van der Waals surface area contributed by atoms with Crippen molar-refractivity contribution >= 4 is 63.8 Å². The van der Waals surface area contributed by atoms with Crippen LogP contribution in [0.1, 0.15) is 16.7 Å². The van der Waals surface area contributed by atoms with E-state index < -0.39 is 0 Å². The maximum atomic E-state index is 12.9. The Hall–Kier alpha value is -2.64. The minimum absolute atomic E-state index is 0.0671. The summed E-state index contributed by atoms with van der Waals surface area (Å²) in [5.74, 6) is 0.661. The first-order chi connectivity index (χ1) is 16.3. The van der Waals surface area contributed by atoms with E-state index in [0.29, 0.717) is 49.2 Å². The molecule has 0 unspecified atom stereocenters. The number of halogens is 3. The van der Waals surface area contributed by atoms with Gasteiger partial charge in [-0.2, -0.15) is 0 Å². The van der Waals surface area contributed by atoms with Gasteiger partial charge in [0.15, 0.2) is 11.5 Å². The third-order valence-electron chi connectivity index (χ3n) is 4.99. The van der Waals surface area contributed by atoms with Gasteiger partial charge in [0.2, 0.25) is 0 Å². The Morgan fingerprint density at radius 2 is 1.74 bits per heavy atom. The van der Waals surface area contributed by atoms with Crippen molar-refractivity contribution in [2.45, 2.75) is 13.2 Å². The molecule has 0 aliphatic carbocycles. The molecule has 9 heteroatoms. The molecular formula is C25H18Cl3NO4S. The fourth-order valence-corrected chi connectivity index (χ4v) is 4.81. The highest BCUT2D eigenvalue weighted by Crippen LogP contribution is 2.36. The molecule has 1 saturated heterocycles. The number of amides is 2. The number of nitrogens with zero attached hydrogens (tertiary/aromatic N) is 1. The van der Waals surface area contributed by atoms with E-state index in [1.807, 2.05) is 18.2 Å². The van der Waals surface area contributed by atoms with E-state index >= 15 is 0 Å². The van der Waals surface area contributed by atoms with Gasteiger partial charge in [-0.1, -0.05) is 59.1 Å². The van der Waals surface area contributed by atoms with Gasteiger partial charge in [0.25, 0.3) is 11.1 Å². The second-order valence-corrected chi connectivity index (χ2v) is 9.61. The van der Waals surface area contributed by atoms with Crippen molar-refractivity contribution in [1.29, 1.82) is 0 Å². The van der Waals surface area contributed by atoms with Crippen LogP contribution in [0, 0.1) is 0 Å². The van der Waals surface area contributed by atoms with Gasteiger partial charge in [-0.15, -0.1) is 0 Å². The number of methoxy groups -OCH3 is 1. The summed E-state index contributed by atoms with van der Waals surface area (Å²) in [4.78, 5) is 26.9. The molecule has 0 radical (unpaired) electrons. The molecule has 2 amide bonds. The van der Waals surface area contributed by atoms with Crippen LogP contribution in [0.3, 0.4) is 0 Å². The predicted octanol–water partition coefficient (Wildman–Crippen LogP) is 7.47.